The third kappa shape index (κ3) is 4.74. The van der Waals surface area contributed by atoms with Crippen LogP contribution in [0.3, 0.4) is 0 Å². The third-order valence-corrected chi connectivity index (χ3v) is 2.67. The van der Waals surface area contributed by atoms with Crippen LogP contribution in [-0.4, -0.2) is 35.5 Å². The van der Waals surface area contributed by atoms with Gasteiger partial charge in [-0.3, -0.25) is 9.59 Å². The molecule has 1 aromatic rings. The maximum atomic E-state index is 11.5. The van der Waals surface area contributed by atoms with Gasteiger partial charge < -0.3 is 20.2 Å². The SMILES string of the molecule is CCC(NC(=O)CNC(=O)c1ccc(Br)o1)C(=O)O. The molecule has 104 valence electrons. The van der Waals surface area contributed by atoms with Crippen LogP contribution in [0.15, 0.2) is 21.2 Å². The highest BCUT2D eigenvalue weighted by Gasteiger charge is 2.18. The van der Waals surface area contributed by atoms with Crippen molar-refractivity contribution >= 4 is 33.7 Å². The predicted octanol–water partition coefficient (Wildman–Crippen LogP) is 0.751. The Bertz CT molecular complexity index is 485. The highest BCUT2D eigenvalue weighted by Crippen LogP contribution is 2.13. The van der Waals surface area contributed by atoms with Crippen LogP contribution in [0.1, 0.15) is 23.9 Å². The van der Waals surface area contributed by atoms with E-state index in [1.54, 1.807) is 13.0 Å². The third-order valence-electron chi connectivity index (χ3n) is 2.25. The zero-order chi connectivity index (χ0) is 14.4. The second-order valence-electron chi connectivity index (χ2n) is 3.65. The topological polar surface area (TPSA) is 109 Å². The second-order valence-corrected chi connectivity index (χ2v) is 4.43. The molecular formula is C11H13BrN2O5. The van der Waals surface area contributed by atoms with Gasteiger partial charge in [-0.05, 0) is 34.5 Å². The van der Waals surface area contributed by atoms with E-state index < -0.39 is 23.8 Å². The largest absolute Gasteiger partial charge is 0.480 e. The molecule has 0 aliphatic heterocycles. The number of carboxylic acid groups (broad SMARTS) is 1. The summed E-state index contributed by atoms with van der Waals surface area (Å²) < 4.78 is 5.40. The van der Waals surface area contributed by atoms with Crippen molar-refractivity contribution in [2.24, 2.45) is 0 Å². The Balaban J connectivity index is 2.42. The summed E-state index contributed by atoms with van der Waals surface area (Å²) in [5.74, 6) is -2.18. The molecule has 0 radical (unpaired) electrons. The van der Waals surface area contributed by atoms with E-state index >= 15 is 0 Å². The Morgan fingerprint density at radius 2 is 2.11 bits per heavy atom. The fourth-order valence-corrected chi connectivity index (χ4v) is 1.57. The van der Waals surface area contributed by atoms with E-state index in [1.807, 2.05) is 0 Å². The molecule has 1 atom stereocenters. The lowest BCUT2D eigenvalue weighted by Gasteiger charge is -2.12. The molecule has 0 spiro atoms. The molecule has 1 aromatic heterocycles. The van der Waals surface area contributed by atoms with E-state index in [2.05, 4.69) is 26.6 Å². The highest BCUT2D eigenvalue weighted by atomic mass is 79.9. The first-order valence-corrected chi connectivity index (χ1v) is 6.29. The molecule has 1 heterocycles. The Morgan fingerprint density at radius 1 is 1.42 bits per heavy atom. The van der Waals surface area contributed by atoms with Crippen LogP contribution in [0.5, 0.6) is 0 Å². The number of hydrogen-bond acceptors (Lipinski definition) is 4. The van der Waals surface area contributed by atoms with Crippen LogP contribution in [-0.2, 0) is 9.59 Å². The monoisotopic (exact) mass is 332 g/mol. The van der Waals surface area contributed by atoms with Crippen LogP contribution in [0.4, 0.5) is 0 Å². The molecule has 1 rings (SSSR count). The number of hydrogen-bond donors (Lipinski definition) is 3. The number of carboxylic acids is 1. The first-order chi connectivity index (χ1) is 8.93. The fraction of sp³-hybridized carbons (Fsp3) is 0.364. The molecule has 0 fully saturated rings. The summed E-state index contributed by atoms with van der Waals surface area (Å²) in [6.07, 6.45) is 0.264. The Labute approximate surface area is 117 Å². The zero-order valence-corrected chi connectivity index (χ0v) is 11.7. The molecule has 8 heteroatoms. The molecule has 0 aromatic carbocycles. The van der Waals surface area contributed by atoms with E-state index in [9.17, 15) is 14.4 Å². The molecule has 0 aliphatic carbocycles. The summed E-state index contributed by atoms with van der Waals surface area (Å²) in [7, 11) is 0. The highest BCUT2D eigenvalue weighted by molar-refractivity contribution is 9.10. The van der Waals surface area contributed by atoms with Gasteiger partial charge in [0.05, 0.1) is 6.54 Å². The van der Waals surface area contributed by atoms with E-state index in [1.165, 1.54) is 6.07 Å². The van der Waals surface area contributed by atoms with Gasteiger partial charge >= 0.3 is 5.97 Å². The molecule has 7 nitrogen and oxygen atoms in total. The van der Waals surface area contributed by atoms with Crippen LogP contribution >= 0.6 is 15.9 Å². The van der Waals surface area contributed by atoms with Crippen molar-refractivity contribution in [2.75, 3.05) is 6.54 Å². The van der Waals surface area contributed by atoms with Gasteiger partial charge in [0, 0.05) is 0 Å². The molecule has 0 bridgehead atoms. The molecule has 3 N–H and O–H groups in total. The number of aliphatic carboxylic acids is 1. The molecule has 0 saturated heterocycles. The number of halogens is 1. The van der Waals surface area contributed by atoms with E-state index in [0.717, 1.165) is 0 Å². The van der Waals surface area contributed by atoms with Crippen LogP contribution in [0.25, 0.3) is 0 Å². The van der Waals surface area contributed by atoms with Gasteiger partial charge in [0.2, 0.25) is 5.91 Å². The molecular weight excluding hydrogens is 320 g/mol. The van der Waals surface area contributed by atoms with Gasteiger partial charge in [-0.25, -0.2) is 4.79 Å². The number of amides is 2. The average Bonchev–Trinajstić information content (AvgIpc) is 2.79. The standard InChI is InChI=1S/C11H13BrN2O5/c1-2-6(11(17)18)14-9(15)5-13-10(16)7-3-4-8(12)19-7/h3-4,6H,2,5H2,1H3,(H,13,16)(H,14,15)(H,17,18). The van der Waals surface area contributed by atoms with Gasteiger partial charge in [-0.2, -0.15) is 0 Å². The number of furan rings is 1. The number of carbonyl (C=O) groups is 3. The van der Waals surface area contributed by atoms with Crippen molar-refractivity contribution in [3.8, 4) is 0 Å². The van der Waals surface area contributed by atoms with E-state index in [0.29, 0.717) is 4.67 Å². The Hall–Kier alpha value is -1.83. The van der Waals surface area contributed by atoms with Crippen LogP contribution in [0, 0.1) is 0 Å². The molecule has 0 aliphatic rings. The number of rotatable bonds is 6. The lowest BCUT2D eigenvalue weighted by Crippen LogP contribution is -2.45. The minimum atomic E-state index is -1.11. The minimum Gasteiger partial charge on any atom is -0.480 e. The second kappa shape index (κ2) is 6.93. The lowest BCUT2D eigenvalue weighted by atomic mass is 10.2. The van der Waals surface area contributed by atoms with Gasteiger partial charge in [-0.15, -0.1) is 0 Å². The van der Waals surface area contributed by atoms with Gasteiger partial charge in [0.25, 0.3) is 5.91 Å². The van der Waals surface area contributed by atoms with E-state index in [-0.39, 0.29) is 18.7 Å². The van der Waals surface area contributed by atoms with Crippen molar-refractivity contribution in [1.82, 2.24) is 10.6 Å². The normalized spacial score (nSPS) is 11.7. The van der Waals surface area contributed by atoms with Crippen molar-refractivity contribution in [2.45, 2.75) is 19.4 Å². The molecule has 1 unspecified atom stereocenters. The number of carbonyl (C=O) groups excluding carboxylic acids is 2. The molecule has 2 amide bonds. The summed E-state index contributed by atoms with van der Waals surface area (Å²) >= 11 is 3.05. The lowest BCUT2D eigenvalue weighted by molar-refractivity contribution is -0.141. The van der Waals surface area contributed by atoms with Crippen LogP contribution in [0.2, 0.25) is 0 Å². The van der Waals surface area contributed by atoms with Gasteiger partial charge in [0.1, 0.15) is 6.04 Å². The van der Waals surface area contributed by atoms with Crippen molar-refractivity contribution in [1.29, 1.82) is 0 Å². The first-order valence-electron chi connectivity index (χ1n) is 5.49. The quantitative estimate of drug-likeness (QED) is 0.712. The maximum Gasteiger partial charge on any atom is 0.326 e. The van der Waals surface area contributed by atoms with Crippen molar-refractivity contribution < 1.29 is 23.9 Å². The van der Waals surface area contributed by atoms with Gasteiger partial charge in [-0.1, -0.05) is 6.92 Å². The van der Waals surface area contributed by atoms with Crippen molar-refractivity contribution in [3.05, 3.63) is 22.6 Å². The van der Waals surface area contributed by atoms with Gasteiger partial charge in [0.15, 0.2) is 10.4 Å². The summed E-state index contributed by atoms with van der Waals surface area (Å²) in [4.78, 5) is 33.7. The molecule has 0 saturated carbocycles. The summed E-state index contributed by atoms with van der Waals surface area (Å²) in [5.41, 5.74) is 0. The van der Waals surface area contributed by atoms with E-state index in [4.69, 9.17) is 9.52 Å². The maximum absolute atomic E-state index is 11.5. The Morgan fingerprint density at radius 3 is 2.58 bits per heavy atom. The Kier molecular flexibility index (Phi) is 5.56. The van der Waals surface area contributed by atoms with Crippen molar-refractivity contribution in [3.63, 3.8) is 0 Å². The first kappa shape index (κ1) is 15.2. The molecule has 19 heavy (non-hydrogen) atoms. The average molecular weight is 333 g/mol. The minimum absolute atomic E-state index is 0.0601. The smallest absolute Gasteiger partial charge is 0.326 e. The fourth-order valence-electron chi connectivity index (χ4n) is 1.27. The summed E-state index contributed by atoms with van der Waals surface area (Å²) in [5, 5.41) is 13.4. The van der Waals surface area contributed by atoms with Crippen LogP contribution < -0.4 is 10.6 Å². The summed E-state index contributed by atoms with van der Waals surface area (Å²) in [6, 6.07) is 2.04. The number of nitrogens with one attached hydrogen (secondary N) is 2. The summed E-state index contributed by atoms with van der Waals surface area (Å²) in [6.45, 7) is 1.32. The zero-order valence-electron chi connectivity index (χ0n) is 10.1. The predicted molar refractivity (Wildman–Crippen MR) is 68.6 cm³/mol.